The summed E-state index contributed by atoms with van der Waals surface area (Å²) in [5, 5.41) is 6.59. The molecule has 0 saturated heterocycles. The van der Waals surface area contributed by atoms with Crippen LogP contribution in [0.1, 0.15) is 25.1 Å². The highest BCUT2D eigenvalue weighted by molar-refractivity contribution is 6.31. The average Bonchev–Trinajstić information content (AvgIpc) is 3.20. The number of methoxy groups -OCH3 is 1. The Kier molecular flexibility index (Phi) is 7.96. The van der Waals surface area contributed by atoms with E-state index in [0.717, 1.165) is 42.1 Å². The van der Waals surface area contributed by atoms with Crippen LogP contribution < -0.4 is 15.5 Å². The average molecular weight is 510 g/mol. The van der Waals surface area contributed by atoms with Crippen LogP contribution in [-0.2, 0) is 22.6 Å². The van der Waals surface area contributed by atoms with Gasteiger partial charge in [-0.05, 0) is 63.2 Å². The molecule has 0 bridgehead atoms. The summed E-state index contributed by atoms with van der Waals surface area (Å²) >= 11 is 6.25. The molecule has 8 nitrogen and oxygen atoms in total. The van der Waals surface area contributed by atoms with Gasteiger partial charge in [0.25, 0.3) is 0 Å². The molecule has 2 N–H and O–H groups in total. The van der Waals surface area contributed by atoms with Crippen molar-refractivity contribution in [3.8, 4) is 0 Å². The first-order valence-electron chi connectivity index (χ1n) is 12.0. The number of anilines is 1. The van der Waals surface area contributed by atoms with E-state index in [1.54, 1.807) is 11.0 Å². The predicted molar refractivity (Wildman–Crippen MR) is 142 cm³/mol. The van der Waals surface area contributed by atoms with Crippen LogP contribution in [0.15, 0.2) is 61.2 Å². The van der Waals surface area contributed by atoms with Crippen molar-refractivity contribution in [1.29, 1.82) is 0 Å². The number of imidazole rings is 1. The van der Waals surface area contributed by atoms with Crippen LogP contribution in [0.2, 0.25) is 5.02 Å². The van der Waals surface area contributed by atoms with Gasteiger partial charge in [0.15, 0.2) is 0 Å². The molecule has 1 heterocycles. The maximum absolute atomic E-state index is 14.1. The Hall–Kier alpha value is -3.36. The molecule has 1 saturated carbocycles. The molecule has 4 rings (SSSR count). The Labute approximate surface area is 216 Å². The van der Waals surface area contributed by atoms with E-state index in [1.165, 1.54) is 7.11 Å². The molecule has 3 aromatic rings. The van der Waals surface area contributed by atoms with Gasteiger partial charge in [0.05, 0.1) is 30.1 Å². The van der Waals surface area contributed by atoms with E-state index in [1.807, 2.05) is 55.6 Å². The van der Waals surface area contributed by atoms with Crippen molar-refractivity contribution in [3.63, 3.8) is 0 Å². The second-order valence-electron chi connectivity index (χ2n) is 9.10. The summed E-state index contributed by atoms with van der Waals surface area (Å²) < 4.78 is 6.87. The number of amides is 2. The van der Waals surface area contributed by atoms with E-state index in [4.69, 9.17) is 21.3 Å². The Bertz CT molecular complexity index is 1240. The number of rotatable bonds is 10. The number of halogens is 1. The SMILES string of the molecule is C=C[C@]1(C(=O)N(Cc2nc3cc(Cl)ccc3n2CCCNC)c2ccccc2)C[C@H](NC(=O)OC)C1. The zero-order valence-corrected chi connectivity index (χ0v) is 21.4. The Morgan fingerprint density at radius 2 is 2.03 bits per heavy atom. The molecule has 1 fully saturated rings. The number of fused-ring (bicyclic) bond motifs is 1. The van der Waals surface area contributed by atoms with Crippen molar-refractivity contribution < 1.29 is 14.3 Å². The zero-order valence-electron chi connectivity index (χ0n) is 20.7. The lowest BCUT2D eigenvalue weighted by molar-refractivity contribution is -0.130. The lowest BCUT2D eigenvalue weighted by Crippen LogP contribution is -2.57. The number of hydrogen-bond acceptors (Lipinski definition) is 5. The summed E-state index contributed by atoms with van der Waals surface area (Å²) in [4.78, 5) is 32.4. The molecule has 9 heteroatoms. The molecule has 0 spiro atoms. The number of aromatic nitrogens is 2. The largest absolute Gasteiger partial charge is 0.453 e. The van der Waals surface area contributed by atoms with Crippen LogP contribution >= 0.6 is 11.6 Å². The molecule has 0 radical (unpaired) electrons. The summed E-state index contributed by atoms with van der Waals surface area (Å²) in [7, 11) is 3.26. The van der Waals surface area contributed by atoms with E-state index < -0.39 is 11.5 Å². The number of para-hydroxylation sites is 1. The lowest BCUT2D eigenvalue weighted by atomic mass is 9.64. The second kappa shape index (κ2) is 11.1. The Morgan fingerprint density at radius 3 is 2.69 bits per heavy atom. The van der Waals surface area contributed by atoms with Crippen molar-refractivity contribution in [1.82, 2.24) is 20.2 Å². The maximum atomic E-state index is 14.1. The molecular weight excluding hydrogens is 478 g/mol. The standard InChI is InChI=1S/C27H32ClN5O3/c1-4-27(16-20(17-27)30-26(35)36-3)25(34)33(21-9-6-5-7-10-21)18-24-31-22-15-19(28)11-12-23(22)32(24)14-8-13-29-2/h4-7,9-12,15,20,29H,1,8,13-14,16-18H2,2-3H3,(H,30,35)/t20-,27-. The fourth-order valence-corrected chi connectivity index (χ4v) is 4.98. The second-order valence-corrected chi connectivity index (χ2v) is 9.53. The Morgan fingerprint density at radius 1 is 1.28 bits per heavy atom. The number of alkyl carbamates (subject to hydrolysis) is 1. The molecule has 1 aliphatic rings. The van der Waals surface area contributed by atoms with Gasteiger partial charge in [-0.3, -0.25) is 4.79 Å². The maximum Gasteiger partial charge on any atom is 0.407 e. The van der Waals surface area contributed by atoms with E-state index in [-0.39, 0.29) is 11.9 Å². The highest BCUT2D eigenvalue weighted by Gasteiger charge is 2.50. The fraction of sp³-hybridized carbons (Fsp3) is 0.370. The third kappa shape index (κ3) is 5.24. The number of aryl methyl sites for hydroxylation is 1. The van der Waals surface area contributed by atoms with E-state index >= 15 is 0 Å². The zero-order chi connectivity index (χ0) is 25.7. The number of hydrogen-bond donors (Lipinski definition) is 2. The van der Waals surface area contributed by atoms with Gasteiger partial charge in [-0.25, -0.2) is 9.78 Å². The molecule has 0 unspecified atom stereocenters. The monoisotopic (exact) mass is 509 g/mol. The first-order valence-corrected chi connectivity index (χ1v) is 12.4. The normalized spacial score (nSPS) is 18.9. The lowest BCUT2D eigenvalue weighted by Gasteiger charge is -2.46. The van der Waals surface area contributed by atoms with Crippen molar-refractivity contribution in [2.75, 3.05) is 25.6 Å². The summed E-state index contributed by atoms with van der Waals surface area (Å²) in [5.41, 5.74) is 1.77. The molecule has 2 aromatic carbocycles. The summed E-state index contributed by atoms with van der Waals surface area (Å²) in [6.45, 7) is 5.88. The first-order chi connectivity index (χ1) is 17.4. The minimum absolute atomic E-state index is 0.0709. The van der Waals surface area contributed by atoms with Gasteiger partial charge >= 0.3 is 6.09 Å². The Balaban J connectivity index is 1.68. The van der Waals surface area contributed by atoms with Crippen LogP contribution in [0.4, 0.5) is 10.5 Å². The summed E-state index contributed by atoms with van der Waals surface area (Å²) in [5.74, 6) is 0.710. The van der Waals surface area contributed by atoms with Crippen LogP contribution in [0.5, 0.6) is 0 Å². The number of nitrogens with zero attached hydrogens (tertiary/aromatic N) is 3. The van der Waals surface area contributed by atoms with Crippen molar-refractivity contribution in [2.24, 2.45) is 5.41 Å². The van der Waals surface area contributed by atoms with Crippen molar-refractivity contribution in [3.05, 3.63) is 72.0 Å². The number of ether oxygens (including phenoxy) is 1. The highest BCUT2D eigenvalue weighted by atomic mass is 35.5. The first kappa shape index (κ1) is 25.7. The highest BCUT2D eigenvalue weighted by Crippen LogP contribution is 2.45. The van der Waals surface area contributed by atoms with Crippen LogP contribution in [0, 0.1) is 5.41 Å². The molecule has 0 atom stereocenters. The van der Waals surface area contributed by atoms with Gasteiger partial charge in [0.1, 0.15) is 5.82 Å². The molecule has 0 aliphatic heterocycles. The van der Waals surface area contributed by atoms with Crippen molar-refractivity contribution >= 4 is 40.3 Å². The quantitative estimate of drug-likeness (QED) is 0.310. The van der Waals surface area contributed by atoms with Crippen LogP contribution in [-0.4, -0.2) is 48.3 Å². The van der Waals surface area contributed by atoms with E-state index in [2.05, 4.69) is 21.8 Å². The number of benzene rings is 2. The van der Waals surface area contributed by atoms with Crippen molar-refractivity contribution in [2.45, 2.75) is 38.4 Å². The smallest absolute Gasteiger partial charge is 0.407 e. The third-order valence-corrected chi connectivity index (χ3v) is 6.99. The number of nitrogens with one attached hydrogen (secondary N) is 2. The molecule has 36 heavy (non-hydrogen) atoms. The van der Waals surface area contributed by atoms with E-state index in [9.17, 15) is 9.59 Å². The summed E-state index contributed by atoms with van der Waals surface area (Å²) in [6, 6.07) is 15.1. The molecule has 1 aliphatic carbocycles. The van der Waals surface area contributed by atoms with Crippen LogP contribution in [0.3, 0.4) is 0 Å². The van der Waals surface area contributed by atoms with Gasteiger partial charge in [0.2, 0.25) is 5.91 Å². The molecule has 2 amide bonds. The molecule has 1 aromatic heterocycles. The predicted octanol–water partition coefficient (Wildman–Crippen LogP) is 4.52. The van der Waals surface area contributed by atoms with Gasteiger partial charge in [-0.15, -0.1) is 6.58 Å². The molecular formula is C27H32ClN5O3. The van der Waals surface area contributed by atoms with E-state index in [0.29, 0.717) is 24.4 Å². The molecule has 190 valence electrons. The summed E-state index contributed by atoms with van der Waals surface area (Å²) in [6.07, 6.45) is 3.04. The number of carbonyl (C=O) groups excluding carboxylic acids is 2. The fourth-order valence-electron chi connectivity index (χ4n) is 4.81. The van der Waals surface area contributed by atoms with Crippen LogP contribution in [0.25, 0.3) is 11.0 Å². The van der Waals surface area contributed by atoms with Gasteiger partial charge in [-0.1, -0.05) is 35.9 Å². The third-order valence-electron chi connectivity index (χ3n) is 6.76. The van der Waals surface area contributed by atoms with Gasteiger partial charge in [-0.2, -0.15) is 0 Å². The minimum Gasteiger partial charge on any atom is -0.453 e. The minimum atomic E-state index is -0.784. The topological polar surface area (TPSA) is 88.5 Å². The van der Waals surface area contributed by atoms with Gasteiger partial charge in [0, 0.05) is 23.3 Å². The van der Waals surface area contributed by atoms with Gasteiger partial charge < -0.3 is 24.8 Å². The number of carbonyl (C=O) groups is 2.